The van der Waals surface area contributed by atoms with Crippen LogP contribution in [0.15, 0.2) is 35.1 Å². The molecule has 0 aliphatic carbocycles. The van der Waals surface area contributed by atoms with Gasteiger partial charge in [-0.05, 0) is 47.0 Å². The molecule has 124 valence electrons. The first-order valence-electron chi connectivity index (χ1n) is 7.23. The summed E-state index contributed by atoms with van der Waals surface area (Å²) in [6.45, 7) is 2.35. The number of rotatable bonds is 7. The minimum atomic E-state index is -0.355. The maximum Gasteiger partial charge on any atom is 0.244 e. The van der Waals surface area contributed by atoms with Crippen molar-refractivity contribution in [1.29, 1.82) is 0 Å². The van der Waals surface area contributed by atoms with E-state index in [9.17, 15) is 4.79 Å². The number of nitrogens with zero attached hydrogens (tertiary/aromatic N) is 2. The summed E-state index contributed by atoms with van der Waals surface area (Å²) in [4.78, 5) is 12.1. The zero-order valence-corrected chi connectivity index (χ0v) is 15.0. The molecule has 0 fully saturated rings. The number of carbonyl (C=O) groups excluding carboxylic acids is 1. The quantitative estimate of drug-likeness (QED) is 0.800. The summed E-state index contributed by atoms with van der Waals surface area (Å²) in [7, 11) is 3.21. The lowest BCUT2D eigenvalue weighted by Crippen LogP contribution is -2.32. The number of benzene rings is 1. The van der Waals surface area contributed by atoms with Gasteiger partial charge in [-0.25, -0.2) is 0 Å². The fraction of sp³-hybridized carbons (Fsp3) is 0.375. The van der Waals surface area contributed by atoms with Crippen LogP contribution in [0.2, 0.25) is 0 Å². The molecule has 2 rings (SSSR count). The van der Waals surface area contributed by atoms with Crippen LogP contribution in [0.3, 0.4) is 0 Å². The Labute approximate surface area is 143 Å². The topological polar surface area (TPSA) is 65.4 Å². The van der Waals surface area contributed by atoms with Crippen LogP contribution >= 0.6 is 15.9 Å². The van der Waals surface area contributed by atoms with Gasteiger partial charge in [-0.1, -0.05) is 6.07 Å². The zero-order chi connectivity index (χ0) is 16.8. The van der Waals surface area contributed by atoms with Gasteiger partial charge in [0, 0.05) is 12.7 Å². The van der Waals surface area contributed by atoms with E-state index in [0.29, 0.717) is 24.5 Å². The normalized spacial score (nSPS) is 11.8. The van der Waals surface area contributed by atoms with Crippen molar-refractivity contribution in [3.63, 3.8) is 0 Å². The summed E-state index contributed by atoms with van der Waals surface area (Å²) in [5, 5.41) is 7.04. The molecule has 2 aromatic rings. The zero-order valence-electron chi connectivity index (χ0n) is 13.4. The summed E-state index contributed by atoms with van der Waals surface area (Å²) in [6.07, 6.45) is 4.15. The van der Waals surface area contributed by atoms with Gasteiger partial charge in [-0.3, -0.25) is 9.48 Å². The minimum Gasteiger partial charge on any atom is -0.493 e. The molecule has 0 saturated carbocycles. The molecule has 1 unspecified atom stereocenters. The molecule has 0 spiro atoms. The van der Waals surface area contributed by atoms with E-state index < -0.39 is 0 Å². The lowest BCUT2D eigenvalue weighted by atomic mass is 10.1. The van der Waals surface area contributed by atoms with Crippen molar-refractivity contribution in [2.75, 3.05) is 20.8 Å². The number of carbonyl (C=O) groups is 1. The van der Waals surface area contributed by atoms with Crippen LogP contribution in [0, 0.1) is 0 Å². The van der Waals surface area contributed by atoms with Crippen LogP contribution < -0.4 is 14.8 Å². The van der Waals surface area contributed by atoms with Crippen LogP contribution in [-0.2, 0) is 11.2 Å². The smallest absolute Gasteiger partial charge is 0.244 e. The number of aromatic nitrogens is 2. The van der Waals surface area contributed by atoms with Gasteiger partial charge >= 0.3 is 0 Å². The highest BCUT2D eigenvalue weighted by molar-refractivity contribution is 9.10. The Hall–Kier alpha value is -2.02. The van der Waals surface area contributed by atoms with Gasteiger partial charge in [0.2, 0.25) is 5.91 Å². The molecule has 1 aromatic carbocycles. The molecular weight excluding hydrogens is 362 g/mol. The predicted molar refractivity (Wildman–Crippen MR) is 90.9 cm³/mol. The Kier molecular flexibility index (Phi) is 6.04. The Morgan fingerprint density at radius 2 is 2.09 bits per heavy atom. The van der Waals surface area contributed by atoms with Gasteiger partial charge in [0.15, 0.2) is 11.5 Å². The Bertz CT molecular complexity index is 672. The maximum atomic E-state index is 12.1. The van der Waals surface area contributed by atoms with Gasteiger partial charge in [-0.2, -0.15) is 5.10 Å². The second-order valence-corrected chi connectivity index (χ2v) is 5.96. The molecule has 1 N–H and O–H groups in total. The molecule has 0 aliphatic heterocycles. The maximum absolute atomic E-state index is 12.1. The van der Waals surface area contributed by atoms with E-state index >= 15 is 0 Å². The SMILES string of the molecule is COc1ccc(CCNC(=O)C(C)n2cc(Br)cn2)cc1OC. The molecular formula is C16H20BrN3O3. The van der Waals surface area contributed by atoms with E-state index in [2.05, 4.69) is 26.3 Å². The van der Waals surface area contributed by atoms with E-state index in [4.69, 9.17) is 9.47 Å². The molecule has 1 aromatic heterocycles. The first-order chi connectivity index (χ1) is 11.0. The van der Waals surface area contributed by atoms with Crippen molar-refractivity contribution in [2.24, 2.45) is 0 Å². The van der Waals surface area contributed by atoms with E-state index in [0.717, 1.165) is 10.0 Å². The van der Waals surface area contributed by atoms with Gasteiger partial charge in [-0.15, -0.1) is 0 Å². The Morgan fingerprint density at radius 3 is 2.70 bits per heavy atom. The second kappa shape index (κ2) is 8.01. The number of nitrogens with one attached hydrogen (secondary N) is 1. The second-order valence-electron chi connectivity index (χ2n) is 5.04. The van der Waals surface area contributed by atoms with Gasteiger partial charge in [0.1, 0.15) is 6.04 Å². The third-order valence-electron chi connectivity index (χ3n) is 3.51. The van der Waals surface area contributed by atoms with Crippen molar-refractivity contribution < 1.29 is 14.3 Å². The van der Waals surface area contributed by atoms with Crippen LogP contribution in [0.4, 0.5) is 0 Å². The molecule has 0 radical (unpaired) electrons. The van der Waals surface area contributed by atoms with Crippen molar-refractivity contribution >= 4 is 21.8 Å². The molecule has 7 heteroatoms. The van der Waals surface area contributed by atoms with Crippen molar-refractivity contribution in [2.45, 2.75) is 19.4 Å². The summed E-state index contributed by atoms with van der Waals surface area (Å²) < 4.78 is 13.0. The number of methoxy groups -OCH3 is 2. The molecule has 1 atom stereocenters. The highest BCUT2D eigenvalue weighted by Crippen LogP contribution is 2.27. The van der Waals surface area contributed by atoms with Crippen LogP contribution in [0.5, 0.6) is 11.5 Å². The monoisotopic (exact) mass is 381 g/mol. The summed E-state index contributed by atoms with van der Waals surface area (Å²) in [5.74, 6) is 1.31. The fourth-order valence-corrected chi connectivity index (χ4v) is 2.46. The van der Waals surface area contributed by atoms with Gasteiger partial charge < -0.3 is 14.8 Å². The minimum absolute atomic E-state index is 0.0684. The van der Waals surface area contributed by atoms with Crippen molar-refractivity contribution in [3.05, 3.63) is 40.6 Å². The fourth-order valence-electron chi connectivity index (χ4n) is 2.16. The summed E-state index contributed by atoms with van der Waals surface area (Å²) >= 11 is 3.32. The molecule has 1 heterocycles. The van der Waals surface area contributed by atoms with E-state index in [-0.39, 0.29) is 11.9 Å². The largest absolute Gasteiger partial charge is 0.493 e. The number of hydrogen-bond acceptors (Lipinski definition) is 4. The molecule has 0 bridgehead atoms. The highest BCUT2D eigenvalue weighted by atomic mass is 79.9. The van der Waals surface area contributed by atoms with Crippen LogP contribution in [0.1, 0.15) is 18.5 Å². The molecule has 6 nitrogen and oxygen atoms in total. The molecule has 0 aliphatic rings. The average Bonchev–Trinajstić information content (AvgIpc) is 3.00. The standard InChI is InChI=1S/C16H20BrN3O3/c1-11(20-10-13(17)9-19-20)16(21)18-7-6-12-4-5-14(22-2)15(8-12)23-3/h4-5,8-11H,6-7H2,1-3H3,(H,18,21). The lowest BCUT2D eigenvalue weighted by Gasteiger charge is -2.13. The third-order valence-corrected chi connectivity index (χ3v) is 3.92. The molecule has 1 amide bonds. The molecule has 0 saturated heterocycles. The van der Waals surface area contributed by atoms with E-state index in [1.807, 2.05) is 25.1 Å². The van der Waals surface area contributed by atoms with Crippen LogP contribution in [0.25, 0.3) is 0 Å². The number of amides is 1. The van der Waals surface area contributed by atoms with Gasteiger partial charge in [0.05, 0.1) is 24.9 Å². The Morgan fingerprint density at radius 1 is 1.35 bits per heavy atom. The van der Waals surface area contributed by atoms with Crippen molar-refractivity contribution in [1.82, 2.24) is 15.1 Å². The first-order valence-corrected chi connectivity index (χ1v) is 8.02. The van der Waals surface area contributed by atoms with Gasteiger partial charge in [0.25, 0.3) is 0 Å². The number of ether oxygens (including phenoxy) is 2. The first kappa shape index (κ1) is 17.3. The third kappa shape index (κ3) is 4.48. The predicted octanol–water partition coefficient (Wildman–Crippen LogP) is 2.58. The summed E-state index contributed by atoms with van der Waals surface area (Å²) in [5.41, 5.74) is 1.07. The van der Waals surface area contributed by atoms with Crippen molar-refractivity contribution in [3.8, 4) is 11.5 Å². The van der Waals surface area contributed by atoms with E-state index in [1.54, 1.807) is 31.3 Å². The Balaban J connectivity index is 1.88. The molecule has 23 heavy (non-hydrogen) atoms. The highest BCUT2D eigenvalue weighted by Gasteiger charge is 2.15. The number of halogens is 1. The number of hydrogen-bond donors (Lipinski definition) is 1. The average molecular weight is 382 g/mol. The van der Waals surface area contributed by atoms with Crippen LogP contribution in [-0.4, -0.2) is 36.5 Å². The van der Waals surface area contributed by atoms with E-state index in [1.165, 1.54) is 0 Å². The lowest BCUT2D eigenvalue weighted by molar-refractivity contribution is -0.124. The summed E-state index contributed by atoms with van der Waals surface area (Å²) in [6, 6.07) is 5.38.